The third-order valence-corrected chi connectivity index (χ3v) is 3.01. The lowest BCUT2D eigenvalue weighted by Gasteiger charge is -2.09. The molecule has 6 nitrogen and oxygen atoms in total. The van der Waals surface area contributed by atoms with Gasteiger partial charge in [0.15, 0.2) is 5.75 Å². The number of rotatable bonds is 9. The zero-order chi connectivity index (χ0) is 16.5. The van der Waals surface area contributed by atoms with E-state index in [-0.39, 0.29) is 11.4 Å². The largest absolute Gasteiger partial charge is 0.494 e. The molecule has 0 fully saturated rings. The van der Waals surface area contributed by atoms with Crippen LogP contribution in [-0.4, -0.2) is 24.7 Å². The summed E-state index contributed by atoms with van der Waals surface area (Å²) in [5, 5.41) is 10.9. The number of hydrogen-bond donors (Lipinski definition) is 0. The van der Waals surface area contributed by atoms with Crippen molar-refractivity contribution in [3.63, 3.8) is 0 Å². The van der Waals surface area contributed by atoms with E-state index in [2.05, 4.69) is 0 Å². The Labute approximate surface area is 134 Å². The number of ether oxygens (including phenoxy) is 3. The minimum absolute atomic E-state index is 0.0278. The van der Waals surface area contributed by atoms with E-state index >= 15 is 0 Å². The van der Waals surface area contributed by atoms with Gasteiger partial charge in [0.05, 0.1) is 24.7 Å². The number of nitrogens with zero attached hydrogens (tertiary/aromatic N) is 1. The molecule has 0 heterocycles. The van der Waals surface area contributed by atoms with Gasteiger partial charge in [0.2, 0.25) is 0 Å². The van der Waals surface area contributed by atoms with Crippen LogP contribution in [0.1, 0.15) is 13.3 Å². The average molecular weight is 317 g/mol. The third-order valence-electron chi connectivity index (χ3n) is 3.01. The molecule has 0 amide bonds. The normalized spacial score (nSPS) is 10.1. The number of hydrogen-bond acceptors (Lipinski definition) is 5. The quantitative estimate of drug-likeness (QED) is 0.399. The van der Waals surface area contributed by atoms with Crippen molar-refractivity contribution in [1.29, 1.82) is 0 Å². The topological polar surface area (TPSA) is 70.8 Å². The summed E-state index contributed by atoms with van der Waals surface area (Å²) in [6.07, 6.45) is 0.624. The minimum atomic E-state index is -0.453. The van der Waals surface area contributed by atoms with Gasteiger partial charge >= 0.3 is 5.69 Å². The van der Waals surface area contributed by atoms with Crippen molar-refractivity contribution in [3.05, 3.63) is 58.6 Å². The molecule has 0 aliphatic rings. The summed E-state index contributed by atoms with van der Waals surface area (Å²) in [7, 11) is 0. The lowest BCUT2D eigenvalue weighted by Crippen LogP contribution is -2.06. The van der Waals surface area contributed by atoms with Crippen LogP contribution in [0.2, 0.25) is 0 Å². The first-order valence-corrected chi connectivity index (χ1v) is 7.42. The highest BCUT2D eigenvalue weighted by Crippen LogP contribution is 2.25. The van der Waals surface area contributed by atoms with Crippen LogP contribution in [0.3, 0.4) is 0 Å². The van der Waals surface area contributed by atoms with Gasteiger partial charge in [0.25, 0.3) is 0 Å². The fourth-order valence-corrected chi connectivity index (χ4v) is 1.96. The second-order valence-electron chi connectivity index (χ2n) is 4.68. The van der Waals surface area contributed by atoms with Crippen LogP contribution in [0.4, 0.5) is 5.69 Å². The van der Waals surface area contributed by atoms with Gasteiger partial charge in [0, 0.05) is 12.5 Å². The Balaban J connectivity index is 1.73. The highest BCUT2D eigenvalue weighted by atomic mass is 16.6. The van der Waals surface area contributed by atoms with Crippen LogP contribution < -0.4 is 14.2 Å². The molecule has 0 saturated carbocycles. The van der Waals surface area contributed by atoms with Crippen molar-refractivity contribution >= 4 is 5.69 Å². The Morgan fingerprint density at radius 1 is 0.913 bits per heavy atom. The van der Waals surface area contributed by atoms with Gasteiger partial charge in [-0.3, -0.25) is 10.1 Å². The maximum absolute atomic E-state index is 10.9. The van der Waals surface area contributed by atoms with Gasteiger partial charge in [-0.1, -0.05) is 12.1 Å². The van der Waals surface area contributed by atoms with Crippen molar-refractivity contribution in [2.75, 3.05) is 19.8 Å². The minimum Gasteiger partial charge on any atom is -0.494 e. The molecule has 0 spiro atoms. The molecule has 23 heavy (non-hydrogen) atoms. The molecular weight excluding hydrogens is 298 g/mol. The Kier molecular flexibility index (Phi) is 6.23. The summed E-state index contributed by atoms with van der Waals surface area (Å²) in [6, 6.07) is 13.7. The highest BCUT2D eigenvalue weighted by molar-refractivity contribution is 5.45. The molecule has 122 valence electrons. The first-order chi connectivity index (χ1) is 11.2. The van der Waals surface area contributed by atoms with E-state index in [1.165, 1.54) is 6.07 Å². The molecule has 0 unspecified atom stereocenters. The molecule has 6 heteroatoms. The van der Waals surface area contributed by atoms with E-state index < -0.39 is 4.92 Å². The maximum atomic E-state index is 10.9. The van der Waals surface area contributed by atoms with Crippen LogP contribution in [-0.2, 0) is 0 Å². The number of benzene rings is 2. The Morgan fingerprint density at radius 3 is 2.17 bits per heavy atom. The second-order valence-corrected chi connectivity index (χ2v) is 4.68. The van der Waals surface area contributed by atoms with E-state index in [0.717, 1.165) is 11.5 Å². The monoisotopic (exact) mass is 317 g/mol. The Morgan fingerprint density at radius 2 is 1.52 bits per heavy atom. The van der Waals surface area contributed by atoms with Crippen LogP contribution in [0.5, 0.6) is 17.2 Å². The van der Waals surface area contributed by atoms with Gasteiger partial charge in [-0.05, 0) is 37.3 Å². The number of nitro benzene ring substituents is 1. The van der Waals surface area contributed by atoms with Gasteiger partial charge in [-0.15, -0.1) is 0 Å². The predicted octanol–water partition coefficient (Wildman–Crippen LogP) is 3.84. The van der Waals surface area contributed by atoms with Crippen molar-refractivity contribution in [2.24, 2.45) is 0 Å². The molecule has 2 aromatic rings. The SMILES string of the molecule is CCOc1ccc(OCCCOc2ccccc2[N+](=O)[O-])cc1. The molecule has 2 rings (SSSR count). The molecule has 2 aromatic carbocycles. The lowest BCUT2D eigenvalue weighted by molar-refractivity contribution is -0.385. The molecule has 0 N–H and O–H groups in total. The third kappa shape index (κ3) is 5.18. The zero-order valence-corrected chi connectivity index (χ0v) is 12.9. The zero-order valence-electron chi connectivity index (χ0n) is 12.9. The molecule has 0 radical (unpaired) electrons. The van der Waals surface area contributed by atoms with Gasteiger partial charge in [-0.25, -0.2) is 0 Å². The van der Waals surface area contributed by atoms with Crippen LogP contribution >= 0.6 is 0 Å². The summed E-state index contributed by atoms with van der Waals surface area (Å²) in [5.41, 5.74) is -0.0278. The molecule has 0 atom stereocenters. The number of para-hydroxylation sites is 2. The van der Waals surface area contributed by atoms with E-state index in [9.17, 15) is 10.1 Å². The maximum Gasteiger partial charge on any atom is 0.310 e. The predicted molar refractivity (Wildman–Crippen MR) is 86.3 cm³/mol. The van der Waals surface area contributed by atoms with Crippen LogP contribution in [0.25, 0.3) is 0 Å². The Hall–Kier alpha value is -2.76. The van der Waals surface area contributed by atoms with Crippen molar-refractivity contribution in [3.8, 4) is 17.2 Å². The average Bonchev–Trinajstić information content (AvgIpc) is 2.56. The first kappa shape index (κ1) is 16.6. The summed E-state index contributed by atoms with van der Waals surface area (Å²) in [6.45, 7) is 3.38. The lowest BCUT2D eigenvalue weighted by atomic mass is 10.3. The molecule has 0 aliphatic heterocycles. The van der Waals surface area contributed by atoms with Crippen molar-refractivity contribution in [1.82, 2.24) is 0 Å². The van der Waals surface area contributed by atoms with Crippen molar-refractivity contribution in [2.45, 2.75) is 13.3 Å². The smallest absolute Gasteiger partial charge is 0.310 e. The molecule has 0 aliphatic carbocycles. The molecule has 0 bridgehead atoms. The van der Waals surface area contributed by atoms with E-state index in [4.69, 9.17) is 14.2 Å². The van der Waals surface area contributed by atoms with Crippen LogP contribution in [0.15, 0.2) is 48.5 Å². The molecular formula is C17H19NO5. The second kappa shape index (κ2) is 8.63. The van der Waals surface area contributed by atoms with Gasteiger partial charge in [0.1, 0.15) is 11.5 Å². The summed E-state index contributed by atoms with van der Waals surface area (Å²) in [4.78, 5) is 10.4. The Bertz CT molecular complexity index is 627. The summed E-state index contributed by atoms with van der Waals surface area (Å²) < 4.78 is 16.4. The standard InChI is InChI=1S/C17H19NO5/c1-2-21-14-8-10-15(11-9-14)22-12-5-13-23-17-7-4-3-6-16(17)18(19)20/h3-4,6-11H,2,5,12-13H2,1H3. The number of nitro groups is 1. The van der Waals surface area contributed by atoms with Gasteiger partial charge < -0.3 is 14.2 Å². The van der Waals surface area contributed by atoms with Crippen molar-refractivity contribution < 1.29 is 19.1 Å². The summed E-state index contributed by atoms with van der Waals surface area (Å²) in [5.74, 6) is 1.83. The van der Waals surface area contributed by atoms with E-state index in [1.807, 2.05) is 31.2 Å². The molecule has 0 aromatic heterocycles. The fourth-order valence-electron chi connectivity index (χ4n) is 1.96. The van der Waals surface area contributed by atoms with Gasteiger partial charge in [-0.2, -0.15) is 0 Å². The van der Waals surface area contributed by atoms with E-state index in [1.54, 1.807) is 18.2 Å². The molecule has 0 saturated heterocycles. The highest BCUT2D eigenvalue weighted by Gasteiger charge is 2.13. The summed E-state index contributed by atoms with van der Waals surface area (Å²) >= 11 is 0. The fraction of sp³-hybridized carbons (Fsp3) is 0.294. The first-order valence-electron chi connectivity index (χ1n) is 7.42. The van der Waals surface area contributed by atoms with Crippen LogP contribution in [0, 0.1) is 10.1 Å². The van der Waals surface area contributed by atoms with E-state index in [0.29, 0.717) is 26.2 Å².